The van der Waals surface area contributed by atoms with Crippen molar-refractivity contribution < 1.29 is 19.8 Å². The maximum atomic E-state index is 11.2. The number of aliphatic carboxylic acids is 1. The standard InChI is InChI=1S/C6H8N4O4/c11-1-3(6(13)14)9-5(12)4-7-2-8-10-4/h2-3,11H,1H2,(H,9,12)(H,13,14)(H,7,8,10)/t3-/m0/s1. The molecule has 1 heterocycles. The SMILES string of the molecule is O=C(N[C@@H](CO)C(=O)O)c1ncn[nH]1. The van der Waals surface area contributed by atoms with E-state index in [0.29, 0.717) is 0 Å². The molecule has 1 aromatic heterocycles. The number of rotatable bonds is 4. The molecular formula is C6H8N4O4. The lowest BCUT2D eigenvalue weighted by Crippen LogP contribution is -2.43. The third kappa shape index (κ3) is 2.26. The molecule has 4 N–H and O–H groups in total. The average Bonchev–Trinajstić information content (AvgIpc) is 2.65. The molecule has 0 aliphatic rings. The number of carboxylic acid groups (broad SMARTS) is 1. The van der Waals surface area contributed by atoms with E-state index in [1.54, 1.807) is 0 Å². The van der Waals surface area contributed by atoms with Crippen LogP contribution in [-0.2, 0) is 4.79 Å². The summed E-state index contributed by atoms with van der Waals surface area (Å²) >= 11 is 0. The van der Waals surface area contributed by atoms with Crippen molar-refractivity contribution >= 4 is 11.9 Å². The molecule has 0 aromatic carbocycles. The largest absolute Gasteiger partial charge is 0.480 e. The Morgan fingerprint density at radius 2 is 2.36 bits per heavy atom. The van der Waals surface area contributed by atoms with Gasteiger partial charge in [0.25, 0.3) is 5.91 Å². The summed E-state index contributed by atoms with van der Waals surface area (Å²) in [5.74, 6) is -2.16. The lowest BCUT2D eigenvalue weighted by molar-refractivity contribution is -0.140. The number of nitrogens with zero attached hydrogens (tertiary/aromatic N) is 2. The topological polar surface area (TPSA) is 128 Å². The number of aliphatic hydroxyl groups is 1. The number of hydrogen-bond acceptors (Lipinski definition) is 5. The molecule has 76 valence electrons. The van der Waals surface area contributed by atoms with Crippen molar-refractivity contribution in [1.82, 2.24) is 20.5 Å². The third-order valence-electron chi connectivity index (χ3n) is 1.42. The lowest BCUT2D eigenvalue weighted by atomic mass is 10.3. The third-order valence-corrected chi connectivity index (χ3v) is 1.42. The number of hydrogen-bond donors (Lipinski definition) is 4. The predicted octanol–water partition coefficient (Wildman–Crippen LogP) is -2.02. The van der Waals surface area contributed by atoms with Crippen LogP contribution in [0.2, 0.25) is 0 Å². The number of carbonyl (C=O) groups is 2. The molecule has 0 spiro atoms. The molecule has 14 heavy (non-hydrogen) atoms. The van der Waals surface area contributed by atoms with Crippen molar-refractivity contribution in [3.8, 4) is 0 Å². The highest BCUT2D eigenvalue weighted by molar-refractivity contribution is 5.93. The van der Waals surface area contributed by atoms with Crippen molar-refractivity contribution in [2.75, 3.05) is 6.61 Å². The number of carboxylic acids is 1. The number of nitrogens with one attached hydrogen (secondary N) is 2. The second-order valence-electron chi connectivity index (χ2n) is 2.38. The molecule has 0 aliphatic carbocycles. The minimum atomic E-state index is -1.34. The van der Waals surface area contributed by atoms with Gasteiger partial charge in [-0.3, -0.25) is 9.89 Å². The Bertz CT molecular complexity index is 323. The van der Waals surface area contributed by atoms with Crippen molar-refractivity contribution in [2.24, 2.45) is 0 Å². The average molecular weight is 200 g/mol. The fourth-order valence-corrected chi connectivity index (χ4v) is 0.727. The van der Waals surface area contributed by atoms with Crippen LogP contribution in [0.4, 0.5) is 0 Å². The highest BCUT2D eigenvalue weighted by Gasteiger charge is 2.20. The summed E-state index contributed by atoms with van der Waals surface area (Å²) in [5, 5.41) is 24.8. The molecule has 0 aliphatic heterocycles. The molecule has 0 fully saturated rings. The quantitative estimate of drug-likeness (QED) is 0.444. The van der Waals surface area contributed by atoms with Crippen LogP contribution in [0.1, 0.15) is 10.6 Å². The molecule has 0 radical (unpaired) electrons. The first-order valence-corrected chi connectivity index (χ1v) is 3.65. The van der Waals surface area contributed by atoms with Gasteiger partial charge in [0.15, 0.2) is 6.04 Å². The first kappa shape index (κ1) is 10.1. The van der Waals surface area contributed by atoms with Gasteiger partial charge < -0.3 is 15.5 Å². The smallest absolute Gasteiger partial charge is 0.328 e. The van der Waals surface area contributed by atoms with Crippen LogP contribution in [0.15, 0.2) is 6.33 Å². The van der Waals surface area contributed by atoms with Crippen LogP contribution < -0.4 is 5.32 Å². The highest BCUT2D eigenvalue weighted by atomic mass is 16.4. The van der Waals surface area contributed by atoms with Gasteiger partial charge in [0.1, 0.15) is 6.33 Å². The van der Waals surface area contributed by atoms with Gasteiger partial charge in [0.2, 0.25) is 5.82 Å². The zero-order chi connectivity index (χ0) is 10.6. The van der Waals surface area contributed by atoms with E-state index in [4.69, 9.17) is 10.2 Å². The summed E-state index contributed by atoms with van der Waals surface area (Å²) in [5.41, 5.74) is 0. The highest BCUT2D eigenvalue weighted by Crippen LogP contribution is 1.89. The minimum absolute atomic E-state index is 0.107. The van der Waals surface area contributed by atoms with Crippen molar-refractivity contribution in [3.63, 3.8) is 0 Å². The molecule has 8 heteroatoms. The predicted molar refractivity (Wildman–Crippen MR) is 42.4 cm³/mol. The number of carbonyl (C=O) groups excluding carboxylic acids is 1. The van der Waals surface area contributed by atoms with Crippen molar-refractivity contribution in [3.05, 3.63) is 12.2 Å². The number of aromatic amines is 1. The maximum absolute atomic E-state index is 11.2. The van der Waals surface area contributed by atoms with Crippen LogP contribution in [-0.4, -0.2) is 49.9 Å². The zero-order valence-electron chi connectivity index (χ0n) is 6.97. The van der Waals surface area contributed by atoms with Crippen LogP contribution in [0, 0.1) is 0 Å². The Kier molecular flexibility index (Phi) is 3.13. The van der Waals surface area contributed by atoms with Crippen molar-refractivity contribution in [1.29, 1.82) is 0 Å². The molecule has 0 unspecified atom stereocenters. The normalized spacial score (nSPS) is 12.1. The zero-order valence-corrected chi connectivity index (χ0v) is 6.97. The van der Waals surface area contributed by atoms with E-state index in [-0.39, 0.29) is 5.82 Å². The molecule has 1 aromatic rings. The van der Waals surface area contributed by atoms with E-state index in [1.165, 1.54) is 0 Å². The van der Waals surface area contributed by atoms with Crippen LogP contribution in [0.3, 0.4) is 0 Å². The van der Waals surface area contributed by atoms with E-state index in [1.807, 2.05) is 5.32 Å². The van der Waals surface area contributed by atoms with Gasteiger partial charge in [-0.2, -0.15) is 5.10 Å². The van der Waals surface area contributed by atoms with E-state index in [9.17, 15) is 9.59 Å². The van der Waals surface area contributed by atoms with E-state index in [0.717, 1.165) is 6.33 Å². The van der Waals surface area contributed by atoms with Gasteiger partial charge in [0, 0.05) is 0 Å². The Hall–Kier alpha value is -1.96. The van der Waals surface area contributed by atoms with Crippen LogP contribution in [0.5, 0.6) is 0 Å². The van der Waals surface area contributed by atoms with Gasteiger partial charge in [-0.15, -0.1) is 0 Å². The Morgan fingerprint density at radius 3 is 2.79 bits per heavy atom. The second kappa shape index (κ2) is 4.33. The fourth-order valence-electron chi connectivity index (χ4n) is 0.727. The molecule has 8 nitrogen and oxygen atoms in total. The molecule has 1 atom stereocenters. The van der Waals surface area contributed by atoms with Gasteiger partial charge in [-0.25, -0.2) is 9.78 Å². The summed E-state index contributed by atoms with van der Waals surface area (Å²) < 4.78 is 0. The van der Waals surface area contributed by atoms with E-state index in [2.05, 4.69) is 15.2 Å². The summed E-state index contributed by atoms with van der Waals surface area (Å²) in [6, 6.07) is -1.34. The summed E-state index contributed by atoms with van der Waals surface area (Å²) in [4.78, 5) is 25.1. The molecule has 1 amide bonds. The second-order valence-corrected chi connectivity index (χ2v) is 2.38. The fraction of sp³-hybridized carbons (Fsp3) is 0.333. The van der Waals surface area contributed by atoms with Gasteiger partial charge in [0.05, 0.1) is 6.61 Å². The maximum Gasteiger partial charge on any atom is 0.328 e. The number of H-pyrrole nitrogens is 1. The molecule has 0 bridgehead atoms. The first-order chi connectivity index (χ1) is 6.65. The summed E-state index contributed by atoms with van der Waals surface area (Å²) in [6.07, 6.45) is 1.11. The van der Waals surface area contributed by atoms with Crippen molar-refractivity contribution in [2.45, 2.75) is 6.04 Å². The Morgan fingerprint density at radius 1 is 1.64 bits per heavy atom. The summed E-state index contributed by atoms with van der Waals surface area (Å²) in [6.45, 7) is -0.685. The van der Waals surface area contributed by atoms with Gasteiger partial charge in [-0.05, 0) is 0 Å². The van der Waals surface area contributed by atoms with Crippen LogP contribution in [0.25, 0.3) is 0 Å². The van der Waals surface area contributed by atoms with Gasteiger partial charge in [-0.1, -0.05) is 0 Å². The molecule has 1 rings (SSSR count). The molecule has 0 saturated carbocycles. The Balaban J connectivity index is 2.60. The molecular weight excluding hydrogens is 192 g/mol. The summed E-state index contributed by atoms with van der Waals surface area (Å²) in [7, 11) is 0. The lowest BCUT2D eigenvalue weighted by Gasteiger charge is -2.09. The van der Waals surface area contributed by atoms with E-state index < -0.39 is 24.5 Å². The monoisotopic (exact) mass is 200 g/mol. The number of aromatic nitrogens is 3. The number of aliphatic hydroxyl groups excluding tert-OH is 1. The Labute approximate surface area is 78.0 Å². The number of amides is 1. The first-order valence-electron chi connectivity index (χ1n) is 3.65. The van der Waals surface area contributed by atoms with Gasteiger partial charge >= 0.3 is 5.97 Å². The van der Waals surface area contributed by atoms with E-state index >= 15 is 0 Å². The molecule has 0 saturated heterocycles. The van der Waals surface area contributed by atoms with Crippen LogP contribution >= 0.6 is 0 Å². The minimum Gasteiger partial charge on any atom is -0.480 e.